The van der Waals surface area contributed by atoms with Crippen LogP contribution in [-0.4, -0.2) is 25.7 Å². The van der Waals surface area contributed by atoms with E-state index < -0.39 is 0 Å². The first kappa shape index (κ1) is 27.6. The van der Waals surface area contributed by atoms with E-state index in [1.807, 2.05) is 24.8 Å². The summed E-state index contributed by atoms with van der Waals surface area (Å²) in [5.41, 5.74) is 5.21. The van der Waals surface area contributed by atoms with Crippen molar-refractivity contribution < 1.29 is 4.79 Å². The summed E-state index contributed by atoms with van der Waals surface area (Å²) in [5.74, 6) is 2.54. The number of H-pyrrole nitrogens is 2. The molecule has 2 unspecified atom stereocenters. The van der Waals surface area contributed by atoms with E-state index in [0.29, 0.717) is 5.78 Å². The molecule has 0 bridgehead atoms. The number of aromatic nitrogens is 4. The summed E-state index contributed by atoms with van der Waals surface area (Å²) < 4.78 is 0. The van der Waals surface area contributed by atoms with Crippen LogP contribution in [0.25, 0.3) is 0 Å². The van der Waals surface area contributed by atoms with Crippen LogP contribution in [0.4, 0.5) is 0 Å². The fraction of sp³-hybridized carbons (Fsp3) is 0.424. The molecule has 2 aromatic heterocycles. The molecule has 0 aliphatic rings. The SMILES string of the molecule is CC(Cc1ccc(CCCCc2ncc[nH]2)cc1)C(=O)C(C)Cc1ccc(CCCCc2ncc[nH]2)cc1. The van der Waals surface area contributed by atoms with Crippen LogP contribution in [0.15, 0.2) is 73.3 Å². The Balaban J connectivity index is 1.15. The number of aromatic amines is 2. The third-order valence-corrected chi connectivity index (χ3v) is 7.47. The molecule has 4 rings (SSSR count). The number of benzene rings is 2. The Labute approximate surface area is 227 Å². The maximum absolute atomic E-state index is 13.1. The van der Waals surface area contributed by atoms with Crippen LogP contribution in [0.3, 0.4) is 0 Å². The van der Waals surface area contributed by atoms with Crippen molar-refractivity contribution in [3.8, 4) is 0 Å². The van der Waals surface area contributed by atoms with Crippen LogP contribution < -0.4 is 0 Å². The normalized spacial score (nSPS) is 12.9. The van der Waals surface area contributed by atoms with Crippen LogP contribution >= 0.6 is 0 Å². The number of hydrogen-bond donors (Lipinski definition) is 2. The molecule has 4 aromatic rings. The predicted octanol–water partition coefficient (Wildman–Crippen LogP) is 6.89. The highest BCUT2D eigenvalue weighted by molar-refractivity contribution is 5.83. The average molecular weight is 511 g/mol. The van der Waals surface area contributed by atoms with Gasteiger partial charge in [0.25, 0.3) is 0 Å². The minimum absolute atomic E-state index is 0.0255. The zero-order chi connectivity index (χ0) is 26.6. The van der Waals surface area contributed by atoms with E-state index in [1.165, 1.54) is 22.3 Å². The predicted molar refractivity (Wildman–Crippen MR) is 154 cm³/mol. The smallest absolute Gasteiger partial charge is 0.139 e. The van der Waals surface area contributed by atoms with Crippen molar-refractivity contribution in [1.82, 2.24) is 19.9 Å². The van der Waals surface area contributed by atoms with Crippen LogP contribution in [-0.2, 0) is 43.3 Å². The van der Waals surface area contributed by atoms with Gasteiger partial charge in [-0.25, -0.2) is 9.97 Å². The third-order valence-electron chi connectivity index (χ3n) is 7.47. The molecule has 0 amide bonds. The molecule has 0 aliphatic heterocycles. The topological polar surface area (TPSA) is 74.4 Å². The third kappa shape index (κ3) is 8.83. The molecule has 0 fully saturated rings. The summed E-state index contributed by atoms with van der Waals surface area (Å²) in [6.45, 7) is 4.15. The van der Waals surface area contributed by atoms with Gasteiger partial charge in [0.1, 0.15) is 17.4 Å². The van der Waals surface area contributed by atoms with Crippen LogP contribution in [0.1, 0.15) is 73.4 Å². The van der Waals surface area contributed by atoms with Gasteiger partial charge in [0.2, 0.25) is 0 Å². The Kier molecular flexibility index (Phi) is 10.5. The Morgan fingerprint density at radius 1 is 0.605 bits per heavy atom. The zero-order valence-electron chi connectivity index (χ0n) is 23.0. The van der Waals surface area contributed by atoms with Crippen molar-refractivity contribution >= 4 is 5.78 Å². The highest BCUT2D eigenvalue weighted by Crippen LogP contribution is 2.19. The molecule has 0 saturated carbocycles. The first-order valence-corrected chi connectivity index (χ1v) is 14.2. The van der Waals surface area contributed by atoms with Gasteiger partial charge in [-0.2, -0.15) is 0 Å². The maximum Gasteiger partial charge on any atom is 0.139 e. The van der Waals surface area contributed by atoms with Gasteiger partial charge < -0.3 is 9.97 Å². The number of Topliss-reactive ketones (excluding diaryl/α,β-unsaturated/α-hetero) is 1. The fourth-order valence-corrected chi connectivity index (χ4v) is 5.19. The first-order chi connectivity index (χ1) is 18.6. The van der Waals surface area contributed by atoms with Crippen molar-refractivity contribution in [3.63, 3.8) is 0 Å². The van der Waals surface area contributed by atoms with Gasteiger partial charge in [-0.3, -0.25) is 4.79 Å². The van der Waals surface area contributed by atoms with Gasteiger partial charge in [0.05, 0.1) is 0 Å². The molecule has 0 spiro atoms. The van der Waals surface area contributed by atoms with Crippen molar-refractivity contribution in [2.45, 2.75) is 78.1 Å². The lowest BCUT2D eigenvalue weighted by molar-refractivity contribution is -0.125. The maximum atomic E-state index is 13.1. The second-order valence-corrected chi connectivity index (χ2v) is 10.7. The van der Waals surface area contributed by atoms with Gasteiger partial charge in [0, 0.05) is 49.5 Å². The lowest BCUT2D eigenvalue weighted by Crippen LogP contribution is -2.22. The van der Waals surface area contributed by atoms with E-state index in [9.17, 15) is 4.79 Å². The number of nitrogens with zero attached hydrogens (tertiary/aromatic N) is 2. The van der Waals surface area contributed by atoms with Gasteiger partial charge in [0.15, 0.2) is 0 Å². The lowest BCUT2D eigenvalue weighted by Gasteiger charge is -2.17. The summed E-state index contributed by atoms with van der Waals surface area (Å²) in [7, 11) is 0. The quantitative estimate of drug-likeness (QED) is 0.161. The second kappa shape index (κ2) is 14.5. The highest BCUT2D eigenvalue weighted by atomic mass is 16.1. The first-order valence-electron chi connectivity index (χ1n) is 14.2. The number of hydrogen-bond acceptors (Lipinski definition) is 3. The summed E-state index contributed by atoms with van der Waals surface area (Å²) >= 11 is 0. The standard InChI is InChI=1S/C33H42N4O/c1-25(23-29-15-11-27(12-16-29)7-3-5-9-31-34-19-20-35-31)33(38)26(2)24-30-17-13-28(14-18-30)8-4-6-10-32-36-21-22-37-32/h11-22,25-26H,3-10,23-24H2,1-2H3,(H,34,35)(H,36,37). The number of ketones is 1. The van der Waals surface area contributed by atoms with Crippen molar-refractivity contribution in [2.75, 3.05) is 0 Å². The van der Waals surface area contributed by atoms with E-state index >= 15 is 0 Å². The molecule has 5 heteroatoms. The van der Waals surface area contributed by atoms with Crippen LogP contribution in [0, 0.1) is 11.8 Å². The summed E-state index contributed by atoms with van der Waals surface area (Å²) in [6, 6.07) is 17.7. The number of unbranched alkanes of at least 4 members (excludes halogenated alkanes) is 2. The van der Waals surface area contributed by atoms with Gasteiger partial charge >= 0.3 is 0 Å². The van der Waals surface area contributed by atoms with E-state index in [0.717, 1.165) is 75.9 Å². The highest BCUT2D eigenvalue weighted by Gasteiger charge is 2.20. The van der Waals surface area contributed by atoms with Crippen LogP contribution in [0.5, 0.6) is 0 Å². The molecule has 200 valence electrons. The molecule has 2 aromatic carbocycles. The summed E-state index contributed by atoms with van der Waals surface area (Å²) in [5, 5.41) is 0. The Bertz CT molecular complexity index is 1100. The van der Waals surface area contributed by atoms with Gasteiger partial charge in [-0.05, 0) is 73.6 Å². The summed E-state index contributed by atoms with van der Waals surface area (Å²) in [6.07, 6.45) is 17.7. The molecule has 38 heavy (non-hydrogen) atoms. The molecular weight excluding hydrogens is 468 g/mol. The molecule has 5 nitrogen and oxygen atoms in total. The number of aryl methyl sites for hydroxylation is 4. The van der Waals surface area contributed by atoms with E-state index in [4.69, 9.17) is 0 Å². The number of rotatable bonds is 16. The van der Waals surface area contributed by atoms with Gasteiger partial charge in [-0.15, -0.1) is 0 Å². The minimum atomic E-state index is 0.0255. The van der Waals surface area contributed by atoms with E-state index in [1.54, 1.807) is 0 Å². The van der Waals surface area contributed by atoms with E-state index in [-0.39, 0.29) is 11.8 Å². The molecule has 2 atom stereocenters. The number of carbonyl (C=O) groups is 1. The fourth-order valence-electron chi connectivity index (χ4n) is 5.19. The van der Waals surface area contributed by atoms with E-state index in [2.05, 4.69) is 82.3 Å². The molecule has 2 heterocycles. The van der Waals surface area contributed by atoms with Crippen molar-refractivity contribution in [1.29, 1.82) is 0 Å². The van der Waals surface area contributed by atoms with Crippen molar-refractivity contribution in [2.24, 2.45) is 11.8 Å². The second-order valence-electron chi connectivity index (χ2n) is 10.7. The Hall–Kier alpha value is -3.47. The lowest BCUT2D eigenvalue weighted by atomic mass is 9.86. The minimum Gasteiger partial charge on any atom is -0.349 e. The molecule has 0 aliphatic carbocycles. The van der Waals surface area contributed by atoms with Crippen molar-refractivity contribution in [3.05, 3.63) is 107 Å². The van der Waals surface area contributed by atoms with Gasteiger partial charge in [-0.1, -0.05) is 62.4 Å². The monoisotopic (exact) mass is 510 g/mol. The Morgan fingerprint density at radius 3 is 1.34 bits per heavy atom. The molecule has 0 radical (unpaired) electrons. The molecule has 0 saturated heterocycles. The summed E-state index contributed by atoms with van der Waals surface area (Å²) in [4.78, 5) is 28.0. The average Bonchev–Trinajstić information content (AvgIpc) is 3.65. The molecular formula is C33H42N4O. The Morgan fingerprint density at radius 2 is 0.974 bits per heavy atom. The largest absolute Gasteiger partial charge is 0.349 e. The van der Waals surface area contributed by atoms with Crippen LogP contribution in [0.2, 0.25) is 0 Å². The zero-order valence-corrected chi connectivity index (χ0v) is 23.0. The number of carbonyl (C=O) groups excluding carboxylic acids is 1. The number of nitrogens with one attached hydrogen (secondary N) is 2. The number of imidazole rings is 2. The molecule has 2 N–H and O–H groups in total.